The molecule has 3 heteroatoms. The Kier molecular flexibility index (Phi) is 5.11. The minimum Gasteiger partial charge on any atom is -0.342 e. The van der Waals surface area contributed by atoms with E-state index in [4.69, 9.17) is 5.73 Å². The lowest BCUT2D eigenvalue weighted by molar-refractivity contribution is -0.143. The van der Waals surface area contributed by atoms with Gasteiger partial charge in [-0.05, 0) is 37.0 Å². The highest BCUT2D eigenvalue weighted by atomic mass is 16.2. The van der Waals surface area contributed by atoms with Gasteiger partial charge in [0.2, 0.25) is 5.91 Å². The van der Waals surface area contributed by atoms with Gasteiger partial charge in [-0.1, -0.05) is 40.0 Å². The van der Waals surface area contributed by atoms with Gasteiger partial charge in [0.1, 0.15) is 0 Å². The van der Waals surface area contributed by atoms with Crippen LogP contribution in [0.25, 0.3) is 0 Å². The summed E-state index contributed by atoms with van der Waals surface area (Å²) >= 11 is 0. The Bertz CT molecular complexity index is 332. The van der Waals surface area contributed by atoms with Gasteiger partial charge >= 0.3 is 0 Å². The molecule has 1 saturated carbocycles. The number of carbonyl (C=O) groups excluding carboxylic acids is 1. The summed E-state index contributed by atoms with van der Waals surface area (Å²) in [6, 6.07) is 0.251. The van der Waals surface area contributed by atoms with E-state index in [1.165, 1.54) is 32.1 Å². The average molecular weight is 280 g/mol. The van der Waals surface area contributed by atoms with Gasteiger partial charge in [-0.15, -0.1) is 0 Å². The van der Waals surface area contributed by atoms with Gasteiger partial charge in [-0.3, -0.25) is 4.79 Å². The second kappa shape index (κ2) is 6.46. The van der Waals surface area contributed by atoms with E-state index in [0.717, 1.165) is 25.9 Å². The topological polar surface area (TPSA) is 46.3 Å². The Morgan fingerprint density at radius 3 is 2.20 bits per heavy atom. The lowest BCUT2D eigenvalue weighted by atomic mass is 9.60. The number of rotatable bonds is 1. The van der Waals surface area contributed by atoms with Crippen LogP contribution in [-0.2, 0) is 4.79 Å². The largest absolute Gasteiger partial charge is 0.342 e. The number of hydrogen-bond donors (Lipinski definition) is 1. The van der Waals surface area contributed by atoms with E-state index in [-0.39, 0.29) is 17.4 Å². The molecule has 2 rings (SSSR count). The summed E-state index contributed by atoms with van der Waals surface area (Å²) in [5, 5.41) is 0. The fourth-order valence-electron chi connectivity index (χ4n) is 3.98. The van der Waals surface area contributed by atoms with E-state index in [1.807, 2.05) is 0 Å². The lowest BCUT2D eigenvalue weighted by Gasteiger charge is -2.47. The number of amides is 1. The van der Waals surface area contributed by atoms with Crippen LogP contribution in [0.4, 0.5) is 0 Å². The SMILES string of the molecule is CC1C(N)CCC(C(=O)N2CCCCCCC2)C1(C)C. The molecule has 0 bridgehead atoms. The van der Waals surface area contributed by atoms with Gasteiger partial charge in [0, 0.05) is 25.0 Å². The van der Waals surface area contributed by atoms with Crippen LogP contribution in [0.2, 0.25) is 0 Å². The molecule has 116 valence electrons. The minimum atomic E-state index is 0.0249. The lowest BCUT2D eigenvalue weighted by Crippen LogP contribution is -2.52. The van der Waals surface area contributed by atoms with Crippen molar-refractivity contribution in [3.05, 3.63) is 0 Å². The van der Waals surface area contributed by atoms with Crippen molar-refractivity contribution in [3.8, 4) is 0 Å². The minimum absolute atomic E-state index is 0.0249. The van der Waals surface area contributed by atoms with Crippen LogP contribution in [0, 0.1) is 17.3 Å². The summed E-state index contributed by atoms with van der Waals surface area (Å²) in [6.45, 7) is 8.63. The molecule has 2 aliphatic rings. The predicted molar refractivity (Wildman–Crippen MR) is 83.3 cm³/mol. The quantitative estimate of drug-likeness (QED) is 0.802. The maximum atomic E-state index is 13.0. The van der Waals surface area contributed by atoms with Crippen molar-refractivity contribution in [3.63, 3.8) is 0 Å². The van der Waals surface area contributed by atoms with E-state index in [0.29, 0.717) is 11.8 Å². The van der Waals surface area contributed by atoms with Crippen LogP contribution >= 0.6 is 0 Å². The molecule has 1 aliphatic heterocycles. The average Bonchev–Trinajstić information content (AvgIpc) is 2.35. The normalized spacial score (nSPS) is 35.2. The second-order valence-electron chi connectivity index (χ2n) is 7.50. The first-order valence-corrected chi connectivity index (χ1v) is 8.49. The zero-order valence-electron chi connectivity index (χ0n) is 13.5. The molecule has 3 unspecified atom stereocenters. The molecule has 2 N–H and O–H groups in total. The Morgan fingerprint density at radius 2 is 1.60 bits per heavy atom. The maximum absolute atomic E-state index is 13.0. The van der Waals surface area contributed by atoms with E-state index >= 15 is 0 Å². The van der Waals surface area contributed by atoms with Crippen molar-refractivity contribution in [2.45, 2.75) is 71.8 Å². The van der Waals surface area contributed by atoms with E-state index in [2.05, 4.69) is 25.7 Å². The van der Waals surface area contributed by atoms with Crippen LogP contribution in [0.3, 0.4) is 0 Å². The zero-order valence-corrected chi connectivity index (χ0v) is 13.5. The molecule has 1 amide bonds. The highest BCUT2D eigenvalue weighted by Gasteiger charge is 2.46. The van der Waals surface area contributed by atoms with E-state index in [9.17, 15) is 4.79 Å². The van der Waals surface area contributed by atoms with Crippen molar-refractivity contribution in [1.29, 1.82) is 0 Å². The van der Waals surface area contributed by atoms with Crippen LogP contribution in [0.15, 0.2) is 0 Å². The molecule has 0 aromatic carbocycles. The van der Waals surface area contributed by atoms with Gasteiger partial charge in [0.05, 0.1) is 0 Å². The maximum Gasteiger partial charge on any atom is 0.226 e. The van der Waals surface area contributed by atoms with E-state index in [1.54, 1.807) is 0 Å². The zero-order chi connectivity index (χ0) is 14.8. The standard InChI is InChI=1S/C17H32N2O/c1-13-15(18)10-9-14(17(13,2)3)16(20)19-11-7-5-4-6-8-12-19/h13-15H,4-12,18H2,1-3H3. The molecule has 0 radical (unpaired) electrons. The van der Waals surface area contributed by atoms with Gasteiger partial charge in [-0.2, -0.15) is 0 Å². The van der Waals surface area contributed by atoms with Crippen LogP contribution < -0.4 is 5.73 Å². The first kappa shape index (κ1) is 15.8. The number of hydrogen-bond acceptors (Lipinski definition) is 2. The first-order chi connectivity index (χ1) is 9.44. The third kappa shape index (κ3) is 3.19. The summed E-state index contributed by atoms with van der Waals surface area (Å²) in [6.07, 6.45) is 8.20. The van der Waals surface area contributed by atoms with Crippen LogP contribution in [0.1, 0.15) is 65.7 Å². The van der Waals surface area contributed by atoms with Gasteiger partial charge < -0.3 is 10.6 Å². The first-order valence-electron chi connectivity index (χ1n) is 8.49. The van der Waals surface area contributed by atoms with Crippen molar-refractivity contribution >= 4 is 5.91 Å². The molecule has 2 fully saturated rings. The molecule has 3 nitrogen and oxygen atoms in total. The van der Waals surface area contributed by atoms with Gasteiger partial charge in [0.25, 0.3) is 0 Å². The highest BCUT2D eigenvalue weighted by Crippen LogP contribution is 2.45. The number of likely N-dealkylation sites (tertiary alicyclic amines) is 1. The second-order valence-corrected chi connectivity index (χ2v) is 7.50. The highest BCUT2D eigenvalue weighted by molar-refractivity contribution is 5.79. The number of carbonyl (C=O) groups is 1. The van der Waals surface area contributed by atoms with E-state index < -0.39 is 0 Å². The van der Waals surface area contributed by atoms with Crippen LogP contribution in [-0.4, -0.2) is 29.9 Å². The Morgan fingerprint density at radius 1 is 1.05 bits per heavy atom. The summed E-state index contributed by atoms with van der Waals surface area (Å²) < 4.78 is 0. The number of nitrogens with two attached hydrogens (primary N) is 1. The molecule has 1 heterocycles. The fourth-order valence-corrected chi connectivity index (χ4v) is 3.98. The molecular formula is C17H32N2O. The predicted octanol–water partition coefficient (Wildman–Crippen LogP) is 3.18. The molecule has 20 heavy (non-hydrogen) atoms. The summed E-state index contributed by atoms with van der Waals surface area (Å²) in [5.74, 6) is 0.979. The third-order valence-corrected chi connectivity index (χ3v) is 5.97. The summed E-state index contributed by atoms with van der Waals surface area (Å²) in [4.78, 5) is 15.1. The van der Waals surface area contributed by atoms with Crippen molar-refractivity contribution in [2.75, 3.05) is 13.1 Å². The van der Waals surface area contributed by atoms with Gasteiger partial charge in [0.15, 0.2) is 0 Å². The molecular weight excluding hydrogens is 248 g/mol. The summed E-state index contributed by atoms with van der Waals surface area (Å²) in [5.41, 5.74) is 6.24. The van der Waals surface area contributed by atoms with Crippen molar-refractivity contribution < 1.29 is 4.79 Å². The summed E-state index contributed by atoms with van der Waals surface area (Å²) in [7, 11) is 0. The molecule has 0 spiro atoms. The number of nitrogens with zero attached hydrogens (tertiary/aromatic N) is 1. The Labute approximate surface area is 124 Å². The molecule has 1 aliphatic carbocycles. The molecule has 3 atom stereocenters. The monoisotopic (exact) mass is 280 g/mol. The molecule has 1 saturated heterocycles. The Balaban J connectivity index is 2.06. The molecule has 0 aromatic heterocycles. The van der Waals surface area contributed by atoms with Gasteiger partial charge in [-0.25, -0.2) is 0 Å². The van der Waals surface area contributed by atoms with Crippen molar-refractivity contribution in [2.24, 2.45) is 23.0 Å². The van der Waals surface area contributed by atoms with Crippen molar-refractivity contribution in [1.82, 2.24) is 4.90 Å². The molecule has 0 aromatic rings. The fraction of sp³-hybridized carbons (Fsp3) is 0.941. The smallest absolute Gasteiger partial charge is 0.226 e. The Hall–Kier alpha value is -0.570. The van der Waals surface area contributed by atoms with Crippen LogP contribution in [0.5, 0.6) is 0 Å². The third-order valence-electron chi connectivity index (χ3n) is 5.97.